The lowest BCUT2D eigenvalue weighted by Crippen LogP contribution is -2.40. The number of rotatable bonds is 2. The van der Waals surface area contributed by atoms with Crippen LogP contribution in [0.3, 0.4) is 0 Å². The molecule has 6 heteroatoms. The summed E-state index contributed by atoms with van der Waals surface area (Å²) in [6.45, 7) is 0. The van der Waals surface area contributed by atoms with Crippen LogP contribution in [0.5, 0.6) is 0 Å². The lowest BCUT2D eigenvalue weighted by molar-refractivity contribution is -0.384. The highest BCUT2D eigenvalue weighted by Gasteiger charge is 2.67. The molecule has 1 aromatic carbocycles. The molecule has 2 bridgehead atoms. The van der Waals surface area contributed by atoms with Crippen LogP contribution in [0, 0.1) is 45.6 Å². The van der Waals surface area contributed by atoms with Gasteiger partial charge < -0.3 is 0 Å². The van der Waals surface area contributed by atoms with Crippen LogP contribution < -0.4 is 4.90 Å². The van der Waals surface area contributed by atoms with Crippen molar-refractivity contribution in [3.8, 4) is 0 Å². The third-order valence-corrected chi connectivity index (χ3v) is 5.98. The quantitative estimate of drug-likeness (QED) is 0.363. The summed E-state index contributed by atoms with van der Waals surface area (Å²) in [4.78, 5) is 37.2. The number of non-ortho nitro benzene ring substituents is 1. The van der Waals surface area contributed by atoms with E-state index in [9.17, 15) is 19.7 Å². The average Bonchev–Trinajstić information content (AvgIpc) is 3.32. The highest BCUT2D eigenvalue weighted by atomic mass is 16.6. The number of nitrogens with zero attached hydrogens (tertiary/aromatic N) is 2. The van der Waals surface area contributed by atoms with Gasteiger partial charge in [-0.05, 0) is 42.2 Å². The summed E-state index contributed by atoms with van der Waals surface area (Å²) >= 11 is 0. The molecule has 1 aliphatic heterocycles. The van der Waals surface area contributed by atoms with Gasteiger partial charge in [-0.3, -0.25) is 24.6 Å². The van der Waals surface area contributed by atoms with Crippen LogP contribution in [-0.2, 0) is 9.59 Å². The van der Waals surface area contributed by atoms with Gasteiger partial charge in [-0.25, -0.2) is 0 Å². The molecule has 1 saturated heterocycles. The van der Waals surface area contributed by atoms with Gasteiger partial charge in [-0.15, -0.1) is 0 Å². The topological polar surface area (TPSA) is 80.5 Å². The van der Waals surface area contributed by atoms with Crippen molar-refractivity contribution in [1.82, 2.24) is 0 Å². The first-order valence-electron chi connectivity index (χ1n) is 7.88. The van der Waals surface area contributed by atoms with Crippen LogP contribution in [0.1, 0.15) is 6.42 Å². The molecular weight excluding hydrogens is 296 g/mol. The predicted octanol–water partition coefficient (Wildman–Crippen LogP) is 2.15. The molecule has 23 heavy (non-hydrogen) atoms. The number of nitro benzene ring substituents is 1. The number of carbonyl (C=O) groups is 2. The van der Waals surface area contributed by atoms with E-state index in [1.807, 2.05) is 0 Å². The van der Waals surface area contributed by atoms with E-state index in [0.717, 1.165) is 6.42 Å². The summed E-state index contributed by atoms with van der Waals surface area (Å²) in [6, 6.07) is 5.65. The number of hydrogen-bond acceptors (Lipinski definition) is 4. The maximum absolute atomic E-state index is 12.9. The fourth-order valence-corrected chi connectivity index (χ4v) is 4.93. The van der Waals surface area contributed by atoms with Crippen LogP contribution in [0.15, 0.2) is 36.4 Å². The molecule has 2 amide bonds. The van der Waals surface area contributed by atoms with Crippen molar-refractivity contribution < 1.29 is 14.5 Å². The van der Waals surface area contributed by atoms with Crippen LogP contribution >= 0.6 is 0 Å². The molecule has 6 atom stereocenters. The van der Waals surface area contributed by atoms with Gasteiger partial charge in [-0.1, -0.05) is 12.2 Å². The molecular formula is C17H14N2O4. The Morgan fingerprint density at radius 1 is 0.957 bits per heavy atom. The molecule has 3 fully saturated rings. The molecule has 6 nitrogen and oxygen atoms in total. The minimum Gasteiger partial charge on any atom is -0.274 e. The largest absolute Gasteiger partial charge is 0.274 e. The third-order valence-electron chi connectivity index (χ3n) is 5.98. The maximum atomic E-state index is 12.9. The van der Waals surface area contributed by atoms with Crippen molar-refractivity contribution in [1.29, 1.82) is 0 Å². The van der Waals surface area contributed by atoms with Gasteiger partial charge in [0.25, 0.3) is 5.69 Å². The van der Waals surface area contributed by atoms with Crippen LogP contribution in [0.2, 0.25) is 0 Å². The molecule has 5 aliphatic rings. The third kappa shape index (κ3) is 1.53. The number of amides is 2. The number of imide groups is 1. The van der Waals surface area contributed by atoms with Crippen LogP contribution in [0.4, 0.5) is 11.4 Å². The van der Waals surface area contributed by atoms with E-state index in [1.165, 1.54) is 29.2 Å². The summed E-state index contributed by atoms with van der Waals surface area (Å²) in [7, 11) is 0. The van der Waals surface area contributed by atoms with Gasteiger partial charge in [0, 0.05) is 12.1 Å². The molecule has 0 aromatic heterocycles. The average molecular weight is 310 g/mol. The minimum absolute atomic E-state index is 0.0479. The first-order chi connectivity index (χ1) is 11.1. The number of allylic oxidation sites excluding steroid dienone is 2. The number of benzene rings is 1. The molecule has 0 spiro atoms. The Bertz CT molecular complexity index is 748. The Morgan fingerprint density at radius 2 is 1.48 bits per heavy atom. The van der Waals surface area contributed by atoms with Crippen molar-refractivity contribution in [3.05, 3.63) is 46.5 Å². The molecule has 1 aromatic rings. The van der Waals surface area contributed by atoms with E-state index >= 15 is 0 Å². The number of carbonyl (C=O) groups excluding carboxylic acids is 2. The van der Waals surface area contributed by atoms with E-state index in [0.29, 0.717) is 17.5 Å². The fraction of sp³-hybridized carbons (Fsp3) is 0.412. The second kappa shape index (κ2) is 4.07. The van der Waals surface area contributed by atoms with E-state index in [2.05, 4.69) is 12.2 Å². The van der Waals surface area contributed by atoms with Gasteiger partial charge in [0.1, 0.15) is 0 Å². The summed E-state index contributed by atoms with van der Waals surface area (Å²) < 4.78 is 0. The molecule has 0 unspecified atom stereocenters. The van der Waals surface area contributed by atoms with E-state index in [1.54, 1.807) is 0 Å². The zero-order valence-electron chi connectivity index (χ0n) is 12.2. The van der Waals surface area contributed by atoms with E-state index in [4.69, 9.17) is 0 Å². The molecule has 4 aliphatic carbocycles. The molecule has 2 saturated carbocycles. The zero-order chi connectivity index (χ0) is 15.9. The Kier molecular flexibility index (Phi) is 2.30. The Labute approximate surface area is 131 Å². The van der Waals surface area contributed by atoms with Crippen molar-refractivity contribution in [2.75, 3.05) is 4.90 Å². The number of hydrogen-bond donors (Lipinski definition) is 0. The van der Waals surface area contributed by atoms with Crippen molar-refractivity contribution in [2.45, 2.75) is 6.42 Å². The summed E-state index contributed by atoms with van der Waals surface area (Å²) in [5.74, 6) is 0.758. The Hall–Kier alpha value is -2.50. The van der Waals surface area contributed by atoms with Gasteiger partial charge in [-0.2, -0.15) is 0 Å². The van der Waals surface area contributed by atoms with Crippen molar-refractivity contribution in [3.63, 3.8) is 0 Å². The van der Waals surface area contributed by atoms with Crippen LogP contribution in [-0.4, -0.2) is 16.7 Å². The molecule has 116 valence electrons. The standard InChI is InChI=1S/C17H14N2O4/c20-16-14-10-5-6-11(13-7-12(10)13)15(14)17(21)18(16)8-1-3-9(4-2-8)19(22)23/h1-6,10-15H,7H2/t10-,11-,12-,13-,14-,15+/m0/s1. The lowest BCUT2D eigenvalue weighted by Gasteiger charge is -2.37. The van der Waals surface area contributed by atoms with Crippen LogP contribution in [0.25, 0.3) is 0 Å². The first-order valence-corrected chi connectivity index (χ1v) is 7.88. The summed E-state index contributed by atoms with van der Waals surface area (Å²) in [6.07, 6.45) is 5.39. The lowest BCUT2D eigenvalue weighted by atomic mass is 9.63. The summed E-state index contributed by atoms with van der Waals surface area (Å²) in [5.41, 5.74) is 0.390. The highest BCUT2D eigenvalue weighted by molar-refractivity contribution is 6.22. The monoisotopic (exact) mass is 310 g/mol. The van der Waals surface area contributed by atoms with E-state index in [-0.39, 0.29) is 41.2 Å². The number of nitro groups is 1. The molecule has 1 heterocycles. The van der Waals surface area contributed by atoms with Crippen molar-refractivity contribution >= 4 is 23.2 Å². The zero-order valence-corrected chi connectivity index (χ0v) is 12.2. The number of anilines is 1. The smallest absolute Gasteiger partial charge is 0.269 e. The van der Waals surface area contributed by atoms with Gasteiger partial charge >= 0.3 is 0 Å². The predicted molar refractivity (Wildman–Crippen MR) is 80.3 cm³/mol. The highest BCUT2D eigenvalue weighted by Crippen LogP contribution is 2.65. The Balaban J connectivity index is 1.53. The second-order valence-corrected chi connectivity index (χ2v) is 6.94. The molecule has 6 rings (SSSR count). The maximum Gasteiger partial charge on any atom is 0.269 e. The van der Waals surface area contributed by atoms with Gasteiger partial charge in [0.15, 0.2) is 0 Å². The van der Waals surface area contributed by atoms with Gasteiger partial charge in [0.2, 0.25) is 11.8 Å². The van der Waals surface area contributed by atoms with Crippen molar-refractivity contribution in [2.24, 2.45) is 35.5 Å². The normalized spacial score (nSPS) is 39.4. The second-order valence-electron chi connectivity index (χ2n) is 6.94. The fourth-order valence-electron chi connectivity index (χ4n) is 4.93. The minimum atomic E-state index is -0.491. The van der Waals surface area contributed by atoms with E-state index < -0.39 is 4.92 Å². The molecule has 0 N–H and O–H groups in total. The summed E-state index contributed by atoms with van der Waals surface area (Å²) in [5, 5.41) is 10.8. The SMILES string of the molecule is O=C1[C@@H]2[C@H]3C=C[C@@H]([C@@H]4C[C@@H]34)[C@@H]2C(=O)N1c1ccc([N+](=O)[O-])cc1. The first kappa shape index (κ1) is 13.0. The Morgan fingerprint density at radius 3 is 1.96 bits per heavy atom. The van der Waals surface area contributed by atoms with Gasteiger partial charge in [0.05, 0.1) is 22.4 Å². The molecule has 0 radical (unpaired) electrons.